The molecule has 0 saturated heterocycles. The molecule has 0 radical (unpaired) electrons. The number of hydrogen-bond donors (Lipinski definition) is 2. The van der Waals surface area contributed by atoms with Crippen molar-refractivity contribution >= 4 is 22.9 Å². The van der Waals surface area contributed by atoms with Gasteiger partial charge in [-0.3, -0.25) is 4.79 Å². The molecule has 2 aromatic heterocycles. The van der Waals surface area contributed by atoms with Gasteiger partial charge in [0, 0.05) is 11.6 Å². The molecule has 0 unspecified atom stereocenters. The molecule has 2 heterocycles. The Hall–Kier alpha value is -2.17. The number of aromatic amines is 1. The Morgan fingerprint density at radius 2 is 2.33 bits per heavy atom. The van der Waals surface area contributed by atoms with Crippen LogP contribution in [0.3, 0.4) is 0 Å². The quantitative estimate of drug-likeness (QED) is 0.440. The van der Waals surface area contributed by atoms with Gasteiger partial charge in [-0.15, -0.1) is 0 Å². The molecule has 0 atom stereocenters. The van der Waals surface area contributed by atoms with E-state index in [0.29, 0.717) is 23.0 Å². The number of nitrogens with zero attached hydrogens (tertiary/aromatic N) is 2. The van der Waals surface area contributed by atoms with Crippen molar-refractivity contribution in [3.8, 4) is 0 Å². The zero-order chi connectivity index (χ0) is 10.8. The molecule has 2 rings (SSSR count). The van der Waals surface area contributed by atoms with E-state index in [2.05, 4.69) is 15.0 Å². The van der Waals surface area contributed by atoms with Gasteiger partial charge in [-0.1, -0.05) is 0 Å². The van der Waals surface area contributed by atoms with E-state index in [-0.39, 0.29) is 11.3 Å². The molecular formula is C10H9N3O2. The van der Waals surface area contributed by atoms with E-state index < -0.39 is 0 Å². The molecule has 0 aliphatic rings. The number of allylic oxidation sites excluding steroid dienone is 2. The Labute approximate surface area is 85.5 Å². The second kappa shape index (κ2) is 3.53. The number of hydrogen-bond acceptors (Lipinski definition) is 4. The van der Waals surface area contributed by atoms with Crippen LogP contribution in [-0.2, 0) is 4.79 Å². The predicted octanol–water partition coefficient (Wildman–Crippen LogP) is 1.45. The minimum absolute atomic E-state index is 0.0498. The first-order chi connectivity index (χ1) is 7.24. The molecule has 5 heteroatoms. The number of nitrogens with one attached hydrogen (secondary N) is 1. The van der Waals surface area contributed by atoms with Gasteiger partial charge in [0.25, 0.3) is 0 Å². The molecule has 5 nitrogen and oxygen atoms in total. The number of rotatable bonds is 2. The molecular weight excluding hydrogens is 194 g/mol. The fourth-order valence-corrected chi connectivity index (χ4v) is 1.40. The van der Waals surface area contributed by atoms with Crippen LogP contribution in [0.25, 0.3) is 16.6 Å². The fraction of sp³-hybridized carbons (Fsp3) is 0.100. The van der Waals surface area contributed by atoms with Gasteiger partial charge in [-0.05, 0) is 13.0 Å². The van der Waals surface area contributed by atoms with Crippen LogP contribution in [-0.4, -0.2) is 26.3 Å². The van der Waals surface area contributed by atoms with E-state index >= 15 is 0 Å². The standard InChI is InChI=1S/C10H9N3O2/c1-6(15)8(4-14)9-7-2-3-11-10(7)13-5-12-9/h2-5,15H,1H3,(H,11,12,13). The summed E-state index contributed by atoms with van der Waals surface area (Å²) in [5, 5.41) is 10.1. The zero-order valence-electron chi connectivity index (χ0n) is 8.06. The van der Waals surface area contributed by atoms with Crippen molar-refractivity contribution in [3.05, 3.63) is 30.0 Å². The summed E-state index contributed by atoms with van der Waals surface area (Å²) in [6.45, 7) is 1.45. The van der Waals surface area contributed by atoms with Crippen molar-refractivity contribution in [2.45, 2.75) is 6.92 Å². The zero-order valence-corrected chi connectivity index (χ0v) is 8.06. The number of aromatic nitrogens is 3. The summed E-state index contributed by atoms with van der Waals surface area (Å²) in [6.07, 6.45) is 3.64. The number of aliphatic hydroxyl groups is 1. The van der Waals surface area contributed by atoms with Crippen molar-refractivity contribution in [3.63, 3.8) is 0 Å². The highest BCUT2D eigenvalue weighted by Gasteiger charge is 2.11. The van der Waals surface area contributed by atoms with Gasteiger partial charge < -0.3 is 10.1 Å². The average molecular weight is 203 g/mol. The minimum atomic E-state index is -0.0498. The highest BCUT2D eigenvalue weighted by molar-refractivity contribution is 6.11. The summed E-state index contributed by atoms with van der Waals surface area (Å²) in [6, 6.07) is 1.76. The monoisotopic (exact) mass is 203 g/mol. The number of aldehydes is 1. The summed E-state index contributed by atoms with van der Waals surface area (Å²) in [7, 11) is 0. The summed E-state index contributed by atoms with van der Waals surface area (Å²) < 4.78 is 0. The maximum atomic E-state index is 10.8. The van der Waals surface area contributed by atoms with Crippen LogP contribution in [0, 0.1) is 0 Å². The van der Waals surface area contributed by atoms with E-state index in [1.165, 1.54) is 13.3 Å². The molecule has 0 saturated carbocycles. The highest BCUT2D eigenvalue weighted by Crippen LogP contribution is 2.20. The van der Waals surface area contributed by atoms with Gasteiger partial charge in [0.1, 0.15) is 17.7 Å². The third kappa shape index (κ3) is 1.48. The lowest BCUT2D eigenvalue weighted by molar-refractivity contribution is -0.103. The van der Waals surface area contributed by atoms with Crippen molar-refractivity contribution in [2.75, 3.05) is 0 Å². The van der Waals surface area contributed by atoms with E-state index in [1.807, 2.05) is 0 Å². The predicted molar refractivity (Wildman–Crippen MR) is 55.2 cm³/mol. The van der Waals surface area contributed by atoms with E-state index in [1.54, 1.807) is 12.3 Å². The molecule has 15 heavy (non-hydrogen) atoms. The first kappa shape index (κ1) is 9.39. The number of H-pyrrole nitrogens is 1. The van der Waals surface area contributed by atoms with Crippen LogP contribution >= 0.6 is 0 Å². The van der Waals surface area contributed by atoms with E-state index in [9.17, 15) is 9.90 Å². The Balaban J connectivity index is 2.76. The van der Waals surface area contributed by atoms with E-state index in [4.69, 9.17) is 0 Å². The van der Waals surface area contributed by atoms with Crippen molar-refractivity contribution in [1.82, 2.24) is 15.0 Å². The highest BCUT2D eigenvalue weighted by atomic mass is 16.3. The van der Waals surface area contributed by atoms with Gasteiger partial charge >= 0.3 is 0 Å². The smallest absolute Gasteiger partial charge is 0.155 e. The molecule has 0 spiro atoms. The SMILES string of the molecule is CC(O)=C(C=O)c1ncnc2[nH]ccc12. The average Bonchev–Trinajstić information content (AvgIpc) is 2.66. The Bertz CT molecular complexity index is 538. The largest absolute Gasteiger partial charge is 0.512 e. The van der Waals surface area contributed by atoms with Gasteiger partial charge in [0.15, 0.2) is 6.29 Å². The first-order valence-corrected chi connectivity index (χ1v) is 4.37. The molecule has 0 bridgehead atoms. The topological polar surface area (TPSA) is 78.9 Å². The number of fused-ring (bicyclic) bond motifs is 1. The molecule has 2 aromatic rings. The molecule has 0 aromatic carbocycles. The molecule has 76 valence electrons. The molecule has 0 fully saturated rings. The normalized spacial score (nSPS) is 12.6. The molecule has 0 amide bonds. The molecule has 0 aliphatic carbocycles. The van der Waals surface area contributed by atoms with Crippen LogP contribution in [0.1, 0.15) is 12.6 Å². The number of carbonyl (C=O) groups excluding carboxylic acids is 1. The maximum Gasteiger partial charge on any atom is 0.155 e. The van der Waals surface area contributed by atoms with Crippen molar-refractivity contribution in [1.29, 1.82) is 0 Å². The molecule has 2 N–H and O–H groups in total. The second-order valence-electron chi connectivity index (χ2n) is 3.08. The Morgan fingerprint density at radius 1 is 1.53 bits per heavy atom. The number of carbonyl (C=O) groups is 1. The summed E-state index contributed by atoms with van der Waals surface area (Å²) in [4.78, 5) is 21.7. The summed E-state index contributed by atoms with van der Waals surface area (Å²) in [5.41, 5.74) is 1.26. The van der Waals surface area contributed by atoms with Gasteiger partial charge in [-0.2, -0.15) is 0 Å². The fourth-order valence-electron chi connectivity index (χ4n) is 1.40. The van der Waals surface area contributed by atoms with Crippen LogP contribution in [0.15, 0.2) is 24.3 Å². The Kier molecular flexibility index (Phi) is 2.21. The van der Waals surface area contributed by atoms with Crippen molar-refractivity contribution < 1.29 is 9.90 Å². The van der Waals surface area contributed by atoms with Crippen LogP contribution in [0.2, 0.25) is 0 Å². The Morgan fingerprint density at radius 3 is 3.00 bits per heavy atom. The van der Waals surface area contributed by atoms with Gasteiger partial charge in [0.05, 0.1) is 11.3 Å². The lowest BCUT2D eigenvalue weighted by Crippen LogP contribution is -1.95. The second-order valence-corrected chi connectivity index (χ2v) is 3.08. The first-order valence-electron chi connectivity index (χ1n) is 4.37. The lowest BCUT2D eigenvalue weighted by Gasteiger charge is -2.01. The van der Waals surface area contributed by atoms with Crippen LogP contribution < -0.4 is 0 Å². The number of aliphatic hydroxyl groups excluding tert-OH is 1. The van der Waals surface area contributed by atoms with Crippen molar-refractivity contribution in [2.24, 2.45) is 0 Å². The summed E-state index contributed by atoms with van der Waals surface area (Å²) in [5.74, 6) is -0.0498. The minimum Gasteiger partial charge on any atom is -0.512 e. The van der Waals surface area contributed by atoms with Gasteiger partial charge in [-0.25, -0.2) is 9.97 Å². The summed E-state index contributed by atoms with van der Waals surface area (Å²) >= 11 is 0. The third-order valence-electron chi connectivity index (χ3n) is 2.12. The lowest BCUT2D eigenvalue weighted by atomic mass is 10.1. The molecule has 0 aliphatic heterocycles. The van der Waals surface area contributed by atoms with E-state index in [0.717, 1.165) is 0 Å². The van der Waals surface area contributed by atoms with Crippen LogP contribution in [0.5, 0.6) is 0 Å². The maximum absolute atomic E-state index is 10.8. The van der Waals surface area contributed by atoms with Gasteiger partial charge in [0.2, 0.25) is 0 Å². The van der Waals surface area contributed by atoms with Crippen LogP contribution in [0.4, 0.5) is 0 Å². The third-order valence-corrected chi connectivity index (χ3v) is 2.12.